The van der Waals surface area contributed by atoms with E-state index in [1.807, 2.05) is 30.3 Å². The van der Waals surface area contributed by atoms with E-state index in [1.165, 1.54) is 15.8 Å². The zero-order chi connectivity index (χ0) is 17.9. The Morgan fingerprint density at radius 3 is 3.04 bits per heavy atom. The van der Waals surface area contributed by atoms with Gasteiger partial charge in [-0.1, -0.05) is 18.2 Å². The predicted octanol–water partition coefficient (Wildman–Crippen LogP) is 4.40. The van der Waals surface area contributed by atoms with Crippen LogP contribution in [0.15, 0.2) is 42.5 Å². The van der Waals surface area contributed by atoms with Crippen LogP contribution < -0.4 is 11.1 Å². The Balaban J connectivity index is 1.32. The number of nitrogens with two attached hydrogens (primary N) is 1. The molecule has 1 atom stereocenters. The Morgan fingerprint density at radius 2 is 2.15 bits per heavy atom. The molecule has 0 aliphatic heterocycles. The van der Waals surface area contributed by atoms with Crippen LogP contribution in [-0.4, -0.2) is 10.9 Å². The fraction of sp³-hybridized carbons (Fsp3) is 0.333. The number of para-hydroxylation sites is 1. The van der Waals surface area contributed by atoms with Crippen molar-refractivity contribution in [2.75, 3.05) is 5.73 Å². The number of rotatable bonds is 5. The summed E-state index contributed by atoms with van der Waals surface area (Å²) in [7, 11) is 0. The van der Waals surface area contributed by atoms with E-state index in [4.69, 9.17) is 5.73 Å². The Labute approximate surface area is 157 Å². The number of aryl methyl sites for hydroxylation is 2. The molecule has 4 rings (SSSR count). The smallest absolute Gasteiger partial charge is 0.220 e. The number of carbonyl (C=O) groups excluding carboxylic acids is 1. The summed E-state index contributed by atoms with van der Waals surface area (Å²) in [6.45, 7) is 0. The van der Waals surface area contributed by atoms with Crippen molar-refractivity contribution in [3.63, 3.8) is 0 Å². The highest BCUT2D eigenvalue weighted by molar-refractivity contribution is 7.18. The van der Waals surface area contributed by atoms with Gasteiger partial charge >= 0.3 is 0 Å². The Bertz CT molecular complexity index is 901. The summed E-state index contributed by atoms with van der Waals surface area (Å²) >= 11 is 1.72. The lowest BCUT2D eigenvalue weighted by Gasteiger charge is -2.26. The lowest BCUT2D eigenvalue weighted by Crippen LogP contribution is -2.30. The van der Waals surface area contributed by atoms with Gasteiger partial charge in [0.1, 0.15) is 0 Å². The van der Waals surface area contributed by atoms with Crippen molar-refractivity contribution in [1.29, 1.82) is 0 Å². The number of thiazole rings is 1. The molecule has 26 heavy (non-hydrogen) atoms. The Morgan fingerprint density at radius 1 is 1.27 bits per heavy atom. The molecule has 0 fully saturated rings. The highest BCUT2D eigenvalue weighted by Crippen LogP contribution is 2.31. The maximum Gasteiger partial charge on any atom is 0.220 e. The van der Waals surface area contributed by atoms with E-state index < -0.39 is 0 Å². The summed E-state index contributed by atoms with van der Waals surface area (Å²) in [6, 6.07) is 14.3. The average Bonchev–Trinajstić information content (AvgIpc) is 3.04. The SMILES string of the molecule is Nc1ccc2c(c1)CCCC2NC(=O)CCCc1nc2ccccc2s1. The molecule has 0 radical (unpaired) electrons. The minimum Gasteiger partial charge on any atom is -0.399 e. The van der Waals surface area contributed by atoms with Crippen LogP contribution in [0.3, 0.4) is 0 Å². The molecule has 3 aromatic rings. The number of amides is 1. The minimum absolute atomic E-state index is 0.120. The molecule has 3 N–H and O–H groups in total. The first-order chi connectivity index (χ1) is 12.7. The lowest BCUT2D eigenvalue weighted by atomic mass is 9.87. The van der Waals surface area contributed by atoms with Gasteiger partial charge in [-0.05, 0) is 67.5 Å². The third kappa shape index (κ3) is 3.73. The van der Waals surface area contributed by atoms with Gasteiger partial charge in [0.15, 0.2) is 0 Å². The molecular weight excluding hydrogens is 342 g/mol. The zero-order valence-electron chi connectivity index (χ0n) is 14.7. The van der Waals surface area contributed by atoms with Gasteiger partial charge < -0.3 is 11.1 Å². The largest absolute Gasteiger partial charge is 0.399 e. The molecule has 2 aromatic carbocycles. The number of nitrogens with zero attached hydrogens (tertiary/aromatic N) is 1. The van der Waals surface area contributed by atoms with Crippen LogP contribution in [0.1, 0.15) is 47.9 Å². The minimum atomic E-state index is 0.120. The van der Waals surface area contributed by atoms with Crippen molar-refractivity contribution >= 4 is 33.1 Å². The molecule has 0 bridgehead atoms. The summed E-state index contributed by atoms with van der Waals surface area (Å²) in [5.74, 6) is 0.126. The van der Waals surface area contributed by atoms with Gasteiger partial charge in [-0.2, -0.15) is 0 Å². The van der Waals surface area contributed by atoms with Crippen molar-refractivity contribution in [2.24, 2.45) is 0 Å². The van der Waals surface area contributed by atoms with E-state index in [2.05, 4.69) is 22.4 Å². The molecule has 1 aromatic heterocycles. The number of nitrogen functional groups attached to an aromatic ring is 1. The first-order valence-electron chi connectivity index (χ1n) is 9.21. The topological polar surface area (TPSA) is 68.0 Å². The van der Waals surface area contributed by atoms with Crippen LogP contribution in [-0.2, 0) is 17.6 Å². The van der Waals surface area contributed by atoms with E-state index in [1.54, 1.807) is 11.3 Å². The van der Waals surface area contributed by atoms with Crippen molar-refractivity contribution in [1.82, 2.24) is 10.3 Å². The van der Waals surface area contributed by atoms with Crippen molar-refractivity contribution in [3.8, 4) is 0 Å². The number of fused-ring (bicyclic) bond motifs is 2. The van der Waals surface area contributed by atoms with Crippen LogP contribution in [0.25, 0.3) is 10.2 Å². The average molecular weight is 366 g/mol. The standard InChI is InChI=1S/C21H23N3OS/c22-15-11-12-16-14(13-15)5-3-7-17(16)23-20(25)9-4-10-21-24-18-6-1-2-8-19(18)26-21/h1-2,6,8,11-13,17H,3-5,7,9-10,22H2,(H,23,25). The van der Waals surface area contributed by atoms with E-state index in [9.17, 15) is 4.79 Å². The molecular formula is C21H23N3OS. The second kappa shape index (κ2) is 7.46. The Hall–Kier alpha value is -2.40. The van der Waals surface area contributed by atoms with Gasteiger partial charge in [0.05, 0.1) is 21.3 Å². The summed E-state index contributed by atoms with van der Waals surface area (Å²) in [4.78, 5) is 17.0. The quantitative estimate of drug-likeness (QED) is 0.659. The summed E-state index contributed by atoms with van der Waals surface area (Å²) in [5.41, 5.74) is 10.2. The number of hydrogen-bond acceptors (Lipinski definition) is 4. The molecule has 5 heteroatoms. The number of carbonyl (C=O) groups is 1. The second-order valence-electron chi connectivity index (χ2n) is 6.90. The zero-order valence-corrected chi connectivity index (χ0v) is 15.5. The van der Waals surface area contributed by atoms with Crippen LogP contribution in [0, 0.1) is 0 Å². The van der Waals surface area contributed by atoms with Gasteiger partial charge in [0, 0.05) is 12.1 Å². The van der Waals surface area contributed by atoms with Gasteiger partial charge in [0.2, 0.25) is 5.91 Å². The summed E-state index contributed by atoms with van der Waals surface area (Å²) < 4.78 is 1.21. The second-order valence-corrected chi connectivity index (χ2v) is 8.01. The Kier molecular flexibility index (Phi) is 4.89. The summed E-state index contributed by atoms with van der Waals surface area (Å²) in [5, 5.41) is 4.32. The third-order valence-electron chi connectivity index (χ3n) is 4.95. The van der Waals surface area contributed by atoms with Gasteiger partial charge in [-0.25, -0.2) is 4.98 Å². The molecule has 1 aliphatic rings. The highest BCUT2D eigenvalue weighted by Gasteiger charge is 2.21. The van der Waals surface area contributed by atoms with E-state index in [0.29, 0.717) is 6.42 Å². The monoisotopic (exact) mass is 365 g/mol. The molecule has 1 unspecified atom stereocenters. The van der Waals surface area contributed by atoms with Crippen LogP contribution in [0.5, 0.6) is 0 Å². The van der Waals surface area contributed by atoms with Gasteiger partial charge in [-0.3, -0.25) is 4.79 Å². The number of hydrogen-bond donors (Lipinski definition) is 2. The maximum absolute atomic E-state index is 12.4. The fourth-order valence-electron chi connectivity index (χ4n) is 3.68. The fourth-order valence-corrected chi connectivity index (χ4v) is 4.69. The molecule has 1 amide bonds. The molecule has 0 saturated heterocycles. The van der Waals surface area contributed by atoms with Crippen LogP contribution in [0.4, 0.5) is 5.69 Å². The van der Waals surface area contributed by atoms with Crippen molar-refractivity contribution in [3.05, 3.63) is 58.6 Å². The molecule has 0 spiro atoms. The van der Waals surface area contributed by atoms with Gasteiger partial charge in [-0.15, -0.1) is 11.3 Å². The van der Waals surface area contributed by atoms with Gasteiger partial charge in [0.25, 0.3) is 0 Å². The lowest BCUT2D eigenvalue weighted by molar-refractivity contribution is -0.122. The first-order valence-corrected chi connectivity index (χ1v) is 10.0. The number of nitrogens with one attached hydrogen (secondary N) is 1. The molecule has 4 nitrogen and oxygen atoms in total. The summed E-state index contributed by atoms with van der Waals surface area (Å²) in [6.07, 6.45) is 5.35. The maximum atomic E-state index is 12.4. The third-order valence-corrected chi connectivity index (χ3v) is 6.05. The molecule has 1 heterocycles. The van der Waals surface area contributed by atoms with Crippen LogP contribution >= 0.6 is 11.3 Å². The van der Waals surface area contributed by atoms with Crippen LogP contribution in [0.2, 0.25) is 0 Å². The molecule has 134 valence electrons. The highest BCUT2D eigenvalue weighted by atomic mass is 32.1. The normalized spacial score (nSPS) is 16.4. The first kappa shape index (κ1) is 17.0. The molecule has 0 saturated carbocycles. The number of anilines is 1. The number of aromatic nitrogens is 1. The van der Waals surface area contributed by atoms with Crippen molar-refractivity contribution < 1.29 is 4.79 Å². The van der Waals surface area contributed by atoms with E-state index >= 15 is 0 Å². The predicted molar refractivity (Wildman–Crippen MR) is 107 cm³/mol. The van der Waals surface area contributed by atoms with E-state index in [0.717, 1.165) is 48.3 Å². The van der Waals surface area contributed by atoms with Crippen molar-refractivity contribution in [2.45, 2.75) is 44.6 Å². The number of benzene rings is 2. The van der Waals surface area contributed by atoms with E-state index in [-0.39, 0.29) is 11.9 Å². The molecule has 1 aliphatic carbocycles.